The fourth-order valence-corrected chi connectivity index (χ4v) is 4.02. The van der Waals surface area contributed by atoms with Crippen LogP contribution in [0.5, 0.6) is 0 Å². The molecule has 29 heavy (non-hydrogen) atoms. The average molecular weight is 409 g/mol. The number of hydrogen-bond donors (Lipinski definition) is 1. The molecule has 0 aliphatic rings. The van der Waals surface area contributed by atoms with Gasteiger partial charge in [-0.25, -0.2) is 8.42 Å². The molecule has 3 aromatic rings. The van der Waals surface area contributed by atoms with Crippen molar-refractivity contribution in [3.63, 3.8) is 0 Å². The number of carbonyl (C=O) groups is 1. The molecule has 5 nitrogen and oxygen atoms in total. The number of sulfonamides is 1. The number of benzene rings is 3. The Kier molecular flexibility index (Phi) is 6.34. The molecule has 1 N–H and O–H groups in total. The van der Waals surface area contributed by atoms with Crippen molar-refractivity contribution in [3.05, 3.63) is 102 Å². The van der Waals surface area contributed by atoms with Crippen LogP contribution in [0.1, 0.15) is 22.7 Å². The molecule has 3 rings (SSSR count). The molecular weight excluding hydrogens is 384 g/mol. The summed E-state index contributed by atoms with van der Waals surface area (Å²) in [6, 6.07) is 25.9. The molecule has 0 aliphatic heterocycles. The van der Waals surface area contributed by atoms with Crippen LogP contribution in [-0.2, 0) is 14.8 Å². The van der Waals surface area contributed by atoms with Gasteiger partial charge in [0.1, 0.15) is 6.54 Å². The molecule has 0 aliphatic carbocycles. The van der Waals surface area contributed by atoms with E-state index in [-0.39, 0.29) is 18.5 Å². The molecule has 150 valence electrons. The van der Waals surface area contributed by atoms with Crippen LogP contribution >= 0.6 is 0 Å². The predicted molar refractivity (Wildman–Crippen MR) is 116 cm³/mol. The third kappa shape index (κ3) is 5.45. The van der Waals surface area contributed by atoms with Gasteiger partial charge in [0.15, 0.2) is 0 Å². The summed E-state index contributed by atoms with van der Waals surface area (Å²) in [4.78, 5) is 12.9. The zero-order chi connectivity index (χ0) is 20.9. The Balaban J connectivity index is 1.87. The van der Waals surface area contributed by atoms with Gasteiger partial charge in [0, 0.05) is 0 Å². The first-order valence-corrected chi connectivity index (χ1v) is 11.1. The van der Waals surface area contributed by atoms with E-state index in [9.17, 15) is 13.2 Å². The third-order valence-electron chi connectivity index (χ3n) is 4.55. The summed E-state index contributed by atoms with van der Waals surface area (Å²) >= 11 is 0. The van der Waals surface area contributed by atoms with E-state index < -0.39 is 10.0 Å². The highest BCUT2D eigenvalue weighted by Gasteiger charge is 2.23. The predicted octanol–water partition coefficient (Wildman–Crippen LogP) is 3.67. The van der Waals surface area contributed by atoms with Crippen LogP contribution in [0.4, 0.5) is 5.69 Å². The summed E-state index contributed by atoms with van der Waals surface area (Å²) in [5.74, 6) is -0.380. The number of aryl methyl sites for hydroxylation is 1. The van der Waals surface area contributed by atoms with E-state index in [1.165, 1.54) is 0 Å². The quantitative estimate of drug-likeness (QED) is 0.649. The molecule has 0 fully saturated rings. The second kappa shape index (κ2) is 8.92. The van der Waals surface area contributed by atoms with Gasteiger partial charge < -0.3 is 5.32 Å². The first kappa shape index (κ1) is 20.6. The molecule has 0 radical (unpaired) electrons. The van der Waals surface area contributed by atoms with Crippen LogP contribution in [0.3, 0.4) is 0 Å². The zero-order valence-corrected chi connectivity index (χ0v) is 17.3. The van der Waals surface area contributed by atoms with Crippen molar-refractivity contribution < 1.29 is 13.2 Å². The van der Waals surface area contributed by atoms with Gasteiger partial charge >= 0.3 is 0 Å². The molecule has 0 atom stereocenters. The topological polar surface area (TPSA) is 66.5 Å². The Labute approximate surface area is 172 Å². The van der Waals surface area contributed by atoms with E-state index in [0.29, 0.717) is 5.69 Å². The first-order chi connectivity index (χ1) is 13.8. The summed E-state index contributed by atoms with van der Waals surface area (Å²) in [7, 11) is -3.62. The van der Waals surface area contributed by atoms with E-state index in [0.717, 1.165) is 27.3 Å². The molecule has 6 heteroatoms. The fraction of sp³-hybridized carbons (Fsp3) is 0.174. The summed E-state index contributed by atoms with van der Waals surface area (Å²) < 4.78 is 25.8. The molecular formula is C23H24N2O3S. The third-order valence-corrected chi connectivity index (χ3v) is 5.69. The van der Waals surface area contributed by atoms with Gasteiger partial charge in [-0.3, -0.25) is 9.10 Å². The lowest BCUT2D eigenvalue weighted by atomic mass is 9.99. The molecule has 0 saturated carbocycles. The Hall–Kier alpha value is -3.12. The van der Waals surface area contributed by atoms with Gasteiger partial charge in [-0.1, -0.05) is 72.8 Å². The van der Waals surface area contributed by atoms with Gasteiger partial charge in [0.25, 0.3) is 0 Å². The van der Waals surface area contributed by atoms with Crippen LogP contribution in [-0.4, -0.2) is 27.1 Å². The van der Waals surface area contributed by atoms with Gasteiger partial charge in [0.2, 0.25) is 15.9 Å². The van der Waals surface area contributed by atoms with Crippen molar-refractivity contribution >= 4 is 21.6 Å². The highest BCUT2D eigenvalue weighted by atomic mass is 32.2. The van der Waals surface area contributed by atoms with Crippen molar-refractivity contribution in [1.29, 1.82) is 0 Å². The van der Waals surface area contributed by atoms with Crippen molar-refractivity contribution in [2.75, 3.05) is 17.1 Å². The standard InChI is InChI=1S/C23H24N2O3S/c1-18-10-9-15-21(16-18)25(29(2,27)28)17-22(26)24-23(19-11-5-3-6-12-19)20-13-7-4-8-14-20/h3-16,23H,17H2,1-2H3,(H,24,26). The molecule has 0 spiro atoms. The Morgan fingerprint density at radius 3 is 1.93 bits per heavy atom. The smallest absolute Gasteiger partial charge is 0.241 e. The van der Waals surface area contributed by atoms with E-state index in [1.807, 2.05) is 73.7 Å². The number of nitrogens with zero attached hydrogens (tertiary/aromatic N) is 1. The highest BCUT2D eigenvalue weighted by molar-refractivity contribution is 7.92. The van der Waals surface area contributed by atoms with Crippen molar-refractivity contribution in [3.8, 4) is 0 Å². The zero-order valence-electron chi connectivity index (χ0n) is 16.4. The van der Waals surface area contributed by atoms with Crippen LogP contribution in [0.25, 0.3) is 0 Å². The van der Waals surface area contributed by atoms with E-state index >= 15 is 0 Å². The normalized spacial score (nSPS) is 11.3. The molecule has 0 unspecified atom stereocenters. The Bertz CT molecular complexity index is 1030. The minimum Gasteiger partial charge on any atom is -0.344 e. The van der Waals surface area contributed by atoms with Crippen molar-refractivity contribution in [2.24, 2.45) is 0 Å². The number of rotatable bonds is 7. The number of carbonyl (C=O) groups excluding carboxylic acids is 1. The van der Waals surface area contributed by atoms with Crippen LogP contribution in [0, 0.1) is 6.92 Å². The van der Waals surface area contributed by atoms with Gasteiger partial charge in [0.05, 0.1) is 18.0 Å². The minimum atomic E-state index is -3.62. The van der Waals surface area contributed by atoms with Gasteiger partial charge in [-0.15, -0.1) is 0 Å². The maximum Gasteiger partial charge on any atom is 0.241 e. The van der Waals surface area contributed by atoms with Crippen LogP contribution in [0.2, 0.25) is 0 Å². The van der Waals surface area contributed by atoms with Crippen LogP contribution in [0.15, 0.2) is 84.9 Å². The Morgan fingerprint density at radius 1 is 0.897 bits per heavy atom. The maximum atomic E-state index is 12.9. The second-order valence-electron chi connectivity index (χ2n) is 6.93. The number of hydrogen-bond acceptors (Lipinski definition) is 3. The summed E-state index contributed by atoms with van der Waals surface area (Å²) in [6.07, 6.45) is 1.11. The van der Waals surface area contributed by atoms with Gasteiger partial charge in [-0.2, -0.15) is 0 Å². The van der Waals surface area contributed by atoms with Gasteiger partial charge in [-0.05, 0) is 35.7 Å². The monoisotopic (exact) mass is 408 g/mol. The molecule has 0 heterocycles. The van der Waals surface area contributed by atoms with Crippen molar-refractivity contribution in [1.82, 2.24) is 5.32 Å². The second-order valence-corrected chi connectivity index (χ2v) is 8.84. The number of amides is 1. The minimum absolute atomic E-state index is 0.293. The summed E-state index contributed by atoms with van der Waals surface area (Å²) in [5.41, 5.74) is 3.24. The number of anilines is 1. The summed E-state index contributed by atoms with van der Waals surface area (Å²) in [6.45, 7) is 1.59. The van der Waals surface area contributed by atoms with Crippen LogP contribution < -0.4 is 9.62 Å². The molecule has 0 aromatic heterocycles. The Morgan fingerprint density at radius 2 is 1.45 bits per heavy atom. The SMILES string of the molecule is Cc1cccc(N(CC(=O)NC(c2ccccc2)c2ccccc2)S(C)(=O)=O)c1. The van der Waals surface area contributed by atoms with Crippen molar-refractivity contribution in [2.45, 2.75) is 13.0 Å². The molecule has 0 saturated heterocycles. The highest BCUT2D eigenvalue weighted by Crippen LogP contribution is 2.23. The largest absolute Gasteiger partial charge is 0.344 e. The van der Waals surface area contributed by atoms with E-state index in [2.05, 4.69) is 5.32 Å². The summed E-state index contributed by atoms with van der Waals surface area (Å²) in [5, 5.41) is 2.99. The van der Waals surface area contributed by atoms with E-state index in [4.69, 9.17) is 0 Å². The molecule has 3 aromatic carbocycles. The molecule has 1 amide bonds. The lowest BCUT2D eigenvalue weighted by Crippen LogP contribution is -2.41. The lowest BCUT2D eigenvalue weighted by Gasteiger charge is -2.25. The first-order valence-electron chi connectivity index (χ1n) is 9.28. The van der Waals surface area contributed by atoms with E-state index in [1.54, 1.807) is 18.2 Å². The fourth-order valence-electron chi connectivity index (χ4n) is 3.17. The maximum absolute atomic E-state index is 12.9. The lowest BCUT2D eigenvalue weighted by molar-refractivity contribution is -0.120. The average Bonchev–Trinajstić information content (AvgIpc) is 2.71. The molecule has 0 bridgehead atoms. The number of nitrogens with one attached hydrogen (secondary N) is 1.